The van der Waals surface area contributed by atoms with E-state index in [1.165, 1.54) is 6.08 Å². The largest absolute Gasteiger partial charge is 0.291 e. The van der Waals surface area contributed by atoms with Crippen molar-refractivity contribution in [2.45, 2.75) is 6.92 Å². The van der Waals surface area contributed by atoms with E-state index in [4.69, 9.17) is 11.6 Å². The van der Waals surface area contributed by atoms with Gasteiger partial charge in [-0.1, -0.05) is 23.7 Å². The van der Waals surface area contributed by atoms with Crippen LogP contribution in [-0.2, 0) is 9.59 Å². The van der Waals surface area contributed by atoms with Gasteiger partial charge in [0.25, 0.3) is 11.8 Å². The number of aryl methyl sites for hydroxylation is 1. The molecule has 0 bridgehead atoms. The first-order chi connectivity index (χ1) is 11.6. The van der Waals surface area contributed by atoms with Crippen LogP contribution in [0.1, 0.15) is 5.82 Å². The van der Waals surface area contributed by atoms with E-state index in [2.05, 4.69) is 4.98 Å². The lowest BCUT2D eigenvalue weighted by Crippen LogP contribution is -2.31. The Morgan fingerprint density at radius 1 is 1.00 bits per heavy atom. The number of fused-ring (bicyclic) bond motifs is 1. The second-order valence-corrected chi connectivity index (χ2v) is 5.90. The molecule has 2 heterocycles. The van der Waals surface area contributed by atoms with Crippen LogP contribution in [0.15, 0.2) is 54.6 Å². The molecule has 118 valence electrons. The molecule has 0 N–H and O–H groups in total. The van der Waals surface area contributed by atoms with Gasteiger partial charge in [-0.3, -0.25) is 14.2 Å². The molecule has 1 aromatic heterocycles. The van der Waals surface area contributed by atoms with Gasteiger partial charge in [0.05, 0.1) is 16.7 Å². The first kappa shape index (κ1) is 14.7. The molecular weight excluding hydrogens is 326 g/mol. The van der Waals surface area contributed by atoms with Gasteiger partial charge >= 0.3 is 0 Å². The second kappa shape index (κ2) is 5.32. The molecule has 1 aliphatic rings. The molecule has 2 aromatic carbocycles. The van der Waals surface area contributed by atoms with Crippen molar-refractivity contribution in [2.24, 2.45) is 0 Å². The highest BCUT2D eigenvalue weighted by atomic mass is 35.5. The third-order valence-corrected chi connectivity index (χ3v) is 4.21. The van der Waals surface area contributed by atoms with E-state index in [1.807, 2.05) is 31.2 Å². The van der Waals surface area contributed by atoms with Crippen molar-refractivity contribution in [3.63, 3.8) is 0 Å². The third kappa shape index (κ3) is 2.13. The number of hydrogen-bond donors (Lipinski definition) is 0. The van der Waals surface area contributed by atoms with E-state index < -0.39 is 0 Å². The number of amides is 2. The Morgan fingerprint density at radius 3 is 2.46 bits per heavy atom. The van der Waals surface area contributed by atoms with Gasteiger partial charge in [-0.05, 0) is 43.3 Å². The van der Waals surface area contributed by atoms with Crippen LogP contribution < -0.4 is 4.90 Å². The maximum absolute atomic E-state index is 12.9. The molecule has 4 rings (SSSR count). The van der Waals surface area contributed by atoms with Crippen LogP contribution in [-0.4, -0.2) is 21.4 Å². The molecular formula is C18H12ClN3O2. The Bertz CT molecular complexity index is 1020. The predicted molar refractivity (Wildman–Crippen MR) is 92.7 cm³/mol. The minimum Gasteiger partial charge on any atom is -0.291 e. The predicted octanol–water partition coefficient (Wildman–Crippen LogP) is 3.41. The number of carbonyl (C=O) groups excluding carboxylic acids is 2. The maximum Gasteiger partial charge on any atom is 0.282 e. The lowest BCUT2D eigenvalue weighted by Gasteiger charge is -2.15. The summed E-state index contributed by atoms with van der Waals surface area (Å²) >= 11 is 5.87. The van der Waals surface area contributed by atoms with Crippen molar-refractivity contribution in [1.29, 1.82) is 0 Å². The van der Waals surface area contributed by atoms with Crippen LogP contribution in [0, 0.1) is 6.92 Å². The van der Waals surface area contributed by atoms with Gasteiger partial charge in [0.2, 0.25) is 0 Å². The van der Waals surface area contributed by atoms with E-state index >= 15 is 0 Å². The van der Waals surface area contributed by atoms with E-state index in [0.717, 1.165) is 15.9 Å². The van der Waals surface area contributed by atoms with Gasteiger partial charge in [0, 0.05) is 11.1 Å². The van der Waals surface area contributed by atoms with Crippen molar-refractivity contribution >= 4 is 45.8 Å². The number of benzene rings is 2. The second-order valence-electron chi connectivity index (χ2n) is 5.47. The minimum absolute atomic E-state index is 0.293. The standard InChI is InChI=1S/C18H12ClN3O2/c1-11-20-14-4-2-3-5-15(14)21(11)16-10-17(23)22(18(16)24)13-8-6-12(19)7-9-13/h2-10H,1H3. The molecule has 6 heteroatoms. The molecule has 5 nitrogen and oxygen atoms in total. The molecule has 3 aromatic rings. The molecule has 0 aliphatic carbocycles. The van der Waals surface area contributed by atoms with Gasteiger partial charge in [-0.2, -0.15) is 0 Å². The maximum atomic E-state index is 12.9. The average Bonchev–Trinajstić information content (AvgIpc) is 3.04. The Morgan fingerprint density at radius 2 is 1.71 bits per heavy atom. The van der Waals surface area contributed by atoms with Crippen molar-refractivity contribution in [3.8, 4) is 0 Å². The number of halogens is 1. The fourth-order valence-corrected chi connectivity index (χ4v) is 3.03. The summed E-state index contributed by atoms with van der Waals surface area (Å²) in [7, 11) is 0. The van der Waals surface area contributed by atoms with E-state index in [-0.39, 0.29) is 11.8 Å². The quantitative estimate of drug-likeness (QED) is 0.673. The molecule has 0 saturated carbocycles. The highest BCUT2D eigenvalue weighted by Crippen LogP contribution is 2.29. The van der Waals surface area contributed by atoms with E-state index in [0.29, 0.717) is 22.2 Å². The normalized spacial score (nSPS) is 14.6. The molecule has 0 saturated heterocycles. The average molecular weight is 338 g/mol. The van der Waals surface area contributed by atoms with Gasteiger partial charge in [-0.25, -0.2) is 9.88 Å². The summed E-state index contributed by atoms with van der Waals surface area (Å²) < 4.78 is 1.71. The van der Waals surface area contributed by atoms with Gasteiger partial charge < -0.3 is 0 Å². The highest BCUT2D eigenvalue weighted by molar-refractivity contribution is 6.41. The van der Waals surface area contributed by atoms with Gasteiger partial charge in [-0.15, -0.1) is 0 Å². The van der Waals surface area contributed by atoms with Crippen molar-refractivity contribution in [2.75, 3.05) is 4.90 Å². The lowest BCUT2D eigenvalue weighted by molar-refractivity contribution is -0.119. The Labute approximate surface area is 142 Å². The van der Waals surface area contributed by atoms with Crippen LogP contribution in [0.2, 0.25) is 5.02 Å². The molecule has 2 amide bonds. The summed E-state index contributed by atoms with van der Waals surface area (Å²) in [5.74, 6) is -0.107. The summed E-state index contributed by atoms with van der Waals surface area (Å²) in [6, 6.07) is 14.1. The summed E-state index contributed by atoms with van der Waals surface area (Å²) in [5, 5.41) is 0.544. The fraction of sp³-hybridized carbons (Fsp3) is 0.0556. The number of hydrogen-bond acceptors (Lipinski definition) is 3. The number of aromatic nitrogens is 2. The minimum atomic E-state index is -0.381. The number of imidazole rings is 1. The number of rotatable bonds is 2. The molecule has 0 fully saturated rings. The zero-order valence-electron chi connectivity index (χ0n) is 12.7. The molecule has 0 atom stereocenters. The smallest absolute Gasteiger partial charge is 0.282 e. The summed E-state index contributed by atoms with van der Waals surface area (Å²) in [6.45, 7) is 1.81. The van der Waals surface area contributed by atoms with Crippen molar-refractivity contribution < 1.29 is 9.59 Å². The molecule has 24 heavy (non-hydrogen) atoms. The molecule has 0 unspecified atom stereocenters. The monoisotopic (exact) mass is 337 g/mol. The topological polar surface area (TPSA) is 55.2 Å². The number of anilines is 1. The Hall–Kier alpha value is -2.92. The van der Waals surface area contributed by atoms with Crippen molar-refractivity contribution in [3.05, 3.63) is 65.5 Å². The SMILES string of the molecule is Cc1nc2ccccc2n1C1=CC(=O)N(c2ccc(Cl)cc2)C1=O. The van der Waals surface area contributed by atoms with Crippen LogP contribution >= 0.6 is 11.6 Å². The Kier molecular flexibility index (Phi) is 3.25. The van der Waals surface area contributed by atoms with Crippen LogP contribution in [0.25, 0.3) is 16.7 Å². The number of para-hydroxylation sites is 2. The third-order valence-electron chi connectivity index (χ3n) is 3.96. The summed E-state index contributed by atoms with van der Waals surface area (Å²) in [6.07, 6.45) is 1.35. The zero-order chi connectivity index (χ0) is 16.8. The summed E-state index contributed by atoms with van der Waals surface area (Å²) in [4.78, 5) is 30.8. The van der Waals surface area contributed by atoms with E-state index in [9.17, 15) is 9.59 Å². The molecule has 1 aliphatic heterocycles. The van der Waals surface area contributed by atoms with E-state index in [1.54, 1.807) is 28.8 Å². The molecule has 0 spiro atoms. The number of carbonyl (C=O) groups is 2. The summed E-state index contributed by atoms with van der Waals surface area (Å²) in [5.41, 5.74) is 2.35. The lowest BCUT2D eigenvalue weighted by atomic mass is 10.3. The zero-order valence-corrected chi connectivity index (χ0v) is 13.5. The fourth-order valence-electron chi connectivity index (χ4n) is 2.90. The highest BCUT2D eigenvalue weighted by Gasteiger charge is 2.34. The Balaban J connectivity index is 1.81. The number of imide groups is 1. The van der Waals surface area contributed by atoms with Crippen LogP contribution in [0.4, 0.5) is 5.69 Å². The van der Waals surface area contributed by atoms with Crippen molar-refractivity contribution in [1.82, 2.24) is 9.55 Å². The van der Waals surface area contributed by atoms with Crippen LogP contribution in [0.3, 0.4) is 0 Å². The first-order valence-corrected chi connectivity index (χ1v) is 7.74. The van der Waals surface area contributed by atoms with Crippen LogP contribution in [0.5, 0.6) is 0 Å². The molecule has 0 radical (unpaired) electrons. The van der Waals surface area contributed by atoms with Gasteiger partial charge in [0.1, 0.15) is 11.5 Å². The van der Waals surface area contributed by atoms with Gasteiger partial charge in [0.15, 0.2) is 0 Å². The first-order valence-electron chi connectivity index (χ1n) is 7.36. The number of nitrogens with zero attached hydrogens (tertiary/aromatic N) is 3.